The largest absolute Gasteiger partial charge is 0.486 e. The minimum absolute atomic E-state index is 0.112. The molecule has 0 amide bonds. The fourth-order valence-corrected chi connectivity index (χ4v) is 1.90. The Morgan fingerprint density at radius 2 is 2.21 bits per heavy atom. The van der Waals surface area contributed by atoms with Crippen LogP contribution in [0.25, 0.3) is 0 Å². The van der Waals surface area contributed by atoms with Gasteiger partial charge in [-0.3, -0.25) is 0 Å². The number of hydrogen-bond acceptors (Lipinski definition) is 3. The maximum Gasteiger partial charge on any atom is 0.165 e. The molecule has 19 heavy (non-hydrogen) atoms. The highest BCUT2D eigenvalue weighted by Crippen LogP contribution is 2.21. The van der Waals surface area contributed by atoms with E-state index < -0.39 is 5.82 Å². The lowest BCUT2D eigenvalue weighted by molar-refractivity contribution is 0.289. The van der Waals surface area contributed by atoms with Crippen LogP contribution in [0.5, 0.6) is 5.75 Å². The molecule has 96 valence electrons. The van der Waals surface area contributed by atoms with Gasteiger partial charge in [-0.15, -0.1) is 0 Å². The zero-order chi connectivity index (χ0) is 13.7. The molecule has 0 N–H and O–H groups in total. The van der Waals surface area contributed by atoms with E-state index >= 15 is 0 Å². The van der Waals surface area contributed by atoms with Crippen molar-refractivity contribution in [3.8, 4) is 11.8 Å². The third-order valence-electron chi connectivity index (χ3n) is 2.53. The molecule has 0 bridgehead atoms. The molecule has 0 radical (unpaired) electrons. The van der Waals surface area contributed by atoms with Gasteiger partial charge in [0.25, 0.3) is 0 Å². The monoisotopic (exact) mass is 320 g/mol. The second-order valence-electron chi connectivity index (χ2n) is 3.81. The molecule has 1 aromatic carbocycles. The van der Waals surface area contributed by atoms with E-state index in [1.54, 1.807) is 24.3 Å². The molecule has 0 spiro atoms. The van der Waals surface area contributed by atoms with Gasteiger partial charge in [0.2, 0.25) is 0 Å². The number of hydrogen-bond donors (Lipinski definition) is 0. The second-order valence-corrected chi connectivity index (χ2v) is 4.37. The number of pyridine rings is 1. The van der Waals surface area contributed by atoms with Crippen molar-refractivity contribution in [2.75, 3.05) is 0 Å². The van der Waals surface area contributed by atoms with Crippen LogP contribution >= 0.6 is 15.9 Å². The van der Waals surface area contributed by atoms with Gasteiger partial charge < -0.3 is 4.74 Å². The molecule has 3 nitrogen and oxygen atoms in total. The molecule has 0 saturated heterocycles. The lowest BCUT2D eigenvalue weighted by Crippen LogP contribution is -2.01. The number of nitriles is 1. The Morgan fingerprint density at radius 1 is 1.37 bits per heavy atom. The van der Waals surface area contributed by atoms with Crippen molar-refractivity contribution < 1.29 is 9.13 Å². The number of rotatable bonds is 4. The highest BCUT2D eigenvalue weighted by Gasteiger charge is 2.07. The third kappa shape index (κ3) is 3.30. The summed E-state index contributed by atoms with van der Waals surface area (Å²) in [6, 6.07) is 10.2. The average molecular weight is 321 g/mol. The molecule has 0 aliphatic rings. The van der Waals surface area contributed by atoms with Gasteiger partial charge >= 0.3 is 0 Å². The molecule has 2 rings (SSSR count). The summed E-state index contributed by atoms with van der Waals surface area (Å²) in [5, 5.41) is 9.48. The number of ether oxygens (including phenoxy) is 1. The summed E-state index contributed by atoms with van der Waals surface area (Å²) in [5.41, 5.74) is 1.76. The lowest BCUT2D eigenvalue weighted by Gasteiger charge is -2.08. The fourth-order valence-electron chi connectivity index (χ4n) is 1.56. The SMILES string of the molecule is N#Cc1ncccc1COc1ccc(CBr)cc1F. The van der Waals surface area contributed by atoms with Crippen molar-refractivity contribution in [3.05, 3.63) is 59.2 Å². The van der Waals surface area contributed by atoms with Crippen molar-refractivity contribution in [2.24, 2.45) is 0 Å². The van der Waals surface area contributed by atoms with E-state index in [-0.39, 0.29) is 12.4 Å². The predicted octanol–water partition coefficient (Wildman–Crippen LogP) is 3.57. The first-order valence-corrected chi connectivity index (χ1v) is 6.68. The number of alkyl halides is 1. The van der Waals surface area contributed by atoms with Crippen LogP contribution in [0.2, 0.25) is 0 Å². The van der Waals surface area contributed by atoms with Crippen LogP contribution in [0.4, 0.5) is 4.39 Å². The molecule has 5 heteroatoms. The summed E-state index contributed by atoms with van der Waals surface area (Å²) in [4.78, 5) is 3.92. The van der Waals surface area contributed by atoms with Crippen LogP contribution in [0.3, 0.4) is 0 Å². The van der Waals surface area contributed by atoms with E-state index in [0.29, 0.717) is 16.6 Å². The van der Waals surface area contributed by atoms with Crippen molar-refractivity contribution in [3.63, 3.8) is 0 Å². The second kappa shape index (κ2) is 6.30. The Kier molecular flexibility index (Phi) is 4.48. The highest BCUT2D eigenvalue weighted by molar-refractivity contribution is 9.08. The molecule has 0 saturated carbocycles. The molecule has 0 aliphatic heterocycles. The Labute approximate surface area is 118 Å². The van der Waals surface area contributed by atoms with Crippen LogP contribution in [0.15, 0.2) is 36.5 Å². The Bertz CT molecular complexity index is 625. The van der Waals surface area contributed by atoms with E-state index in [2.05, 4.69) is 20.9 Å². The smallest absolute Gasteiger partial charge is 0.165 e. The van der Waals surface area contributed by atoms with E-state index in [4.69, 9.17) is 10.00 Å². The fraction of sp³-hybridized carbons (Fsp3) is 0.143. The molecule has 0 unspecified atom stereocenters. The Balaban J connectivity index is 2.13. The van der Waals surface area contributed by atoms with E-state index in [0.717, 1.165) is 5.56 Å². The van der Waals surface area contributed by atoms with E-state index in [1.807, 2.05) is 6.07 Å². The summed E-state index contributed by atoms with van der Waals surface area (Å²) in [6.45, 7) is 0.112. The van der Waals surface area contributed by atoms with Crippen molar-refractivity contribution in [2.45, 2.75) is 11.9 Å². The maximum absolute atomic E-state index is 13.7. The Hall–Kier alpha value is -1.93. The zero-order valence-corrected chi connectivity index (χ0v) is 11.5. The van der Waals surface area contributed by atoms with Crippen LogP contribution in [-0.2, 0) is 11.9 Å². The minimum Gasteiger partial charge on any atom is -0.486 e. The molecular formula is C14H10BrFN2O. The van der Waals surface area contributed by atoms with Gasteiger partial charge in [-0.2, -0.15) is 5.26 Å². The highest BCUT2D eigenvalue weighted by atomic mass is 79.9. The normalized spacial score (nSPS) is 9.95. The minimum atomic E-state index is -0.417. The average Bonchev–Trinajstić information content (AvgIpc) is 2.46. The topological polar surface area (TPSA) is 45.9 Å². The first-order chi connectivity index (χ1) is 9.24. The number of aromatic nitrogens is 1. The summed E-state index contributed by atoms with van der Waals surface area (Å²) < 4.78 is 19.1. The third-order valence-corrected chi connectivity index (χ3v) is 3.18. The van der Waals surface area contributed by atoms with Gasteiger partial charge in [-0.25, -0.2) is 9.37 Å². The maximum atomic E-state index is 13.7. The lowest BCUT2D eigenvalue weighted by atomic mass is 10.2. The van der Waals surface area contributed by atoms with Crippen molar-refractivity contribution >= 4 is 15.9 Å². The van der Waals surface area contributed by atoms with Gasteiger partial charge in [-0.1, -0.05) is 28.1 Å². The van der Waals surface area contributed by atoms with Gasteiger partial charge in [0.05, 0.1) is 0 Å². The van der Waals surface area contributed by atoms with Crippen molar-refractivity contribution in [1.82, 2.24) is 4.98 Å². The number of halogens is 2. The first kappa shape index (κ1) is 13.5. The Morgan fingerprint density at radius 3 is 2.89 bits per heavy atom. The van der Waals surface area contributed by atoms with Crippen LogP contribution in [0.1, 0.15) is 16.8 Å². The zero-order valence-electron chi connectivity index (χ0n) is 9.94. The number of nitrogens with zero attached hydrogens (tertiary/aromatic N) is 2. The van der Waals surface area contributed by atoms with Gasteiger partial charge in [0.1, 0.15) is 18.4 Å². The summed E-state index contributed by atoms with van der Waals surface area (Å²) >= 11 is 3.26. The van der Waals surface area contributed by atoms with Crippen LogP contribution < -0.4 is 4.74 Å². The van der Waals surface area contributed by atoms with Gasteiger partial charge in [0.15, 0.2) is 11.6 Å². The van der Waals surface area contributed by atoms with Crippen LogP contribution in [-0.4, -0.2) is 4.98 Å². The van der Waals surface area contributed by atoms with E-state index in [9.17, 15) is 4.39 Å². The molecule has 0 fully saturated rings. The summed E-state index contributed by atoms with van der Waals surface area (Å²) in [7, 11) is 0. The summed E-state index contributed by atoms with van der Waals surface area (Å²) in [5.74, 6) is -0.253. The van der Waals surface area contributed by atoms with Gasteiger partial charge in [0, 0.05) is 17.1 Å². The van der Waals surface area contributed by atoms with Gasteiger partial charge in [-0.05, 0) is 23.8 Å². The predicted molar refractivity (Wildman–Crippen MR) is 72.3 cm³/mol. The molecule has 2 aromatic rings. The summed E-state index contributed by atoms with van der Waals surface area (Å²) in [6.07, 6.45) is 1.54. The quantitative estimate of drug-likeness (QED) is 0.809. The molecule has 0 atom stereocenters. The molecule has 1 aromatic heterocycles. The molecule has 1 heterocycles. The standard InChI is InChI=1S/C14H10BrFN2O/c15-7-10-3-4-14(12(16)6-10)19-9-11-2-1-5-18-13(11)8-17/h1-6H,7,9H2. The molecular weight excluding hydrogens is 311 g/mol. The molecule has 0 aliphatic carbocycles. The first-order valence-electron chi connectivity index (χ1n) is 5.55. The number of benzene rings is 1. The van der Waals surface area contributed by atoms with Crippen molar-refractivity contribution in [1.29, 1.82) is 5.26 Å². The van der Waals surface area contributed by atoms with E-state index in [1.165, 1.54) is 12.3 Å². The van der Waals surface area contributed by atoms with Crippen LogP contribution in [0, 0.1) is 17.1 Å².